The second-order valence-electron chi connectivity index (χ2n) is 7.68. The number of benzene rings is 1. The second-order valence-corrected chi connectivity index (χ2v) is 8.06. The summed E-state index contributed by atoms with van der Waals surface area (Å²) in [5.74, 6) is 0.445. The van der Waals surface area contributed by atoms with Crippen LogP contribution in [-0.4, -0.2) is 42.4 Å². The SMILES string of the molecule is Cc1nc(-n2cc3c(n2)CN(C(=O)c2c(O[C@@H](C)C(F)(F)F)ccc(C#N)c2Cl)C3)cn1C. The van der Waals surface area contributed by atoms with E-state index in [1.54, 1.807) is 10.9 Å². The van der Waals surface area contributed by atoms with Crippen LogP contribution in [0.2, 0.25) is 5.02 Å². The normalized spacial score (nSPS) is 14.2. The maximum Gasteiger partial charge on any atom is 0.425 e. The molecule has 0 saturated heterocycles. The Morgan fingerprint density at radius 1 is 1.30 bits per heavy atom. The van der Waals surface area contributed by atoms with Gasteiger partial charge in [-0.05, 0) is 26.0 Å². The minimum atomic E-state index is -4.64. The van der Waals surface area contributed by atoms with Gasteiger partial charge in [-0.3, -0.25) is 4.79 Å². The summed E-state index contributed by atoms with van der Waals surface area (Å²) in [6.07, 6.45) is -3.24. The molecular formula is C21H18ClF3N6O2. The van der Waals surface area contributed by atoms with Crippen LogP contribution in [-0.2, 0) is 20.1 Å². The van der Waals surface area contributed by atoms with Gasteiger partial charge in [-0.2, -0.15) is 23.5 Å². The highest BCUT2D eigenvalue weighted by Crippen LogP contribution is 2.35. The van der Waals surface area contributed by atoms with Crippen LogP contribution >= 0.6 is 11.6 Å². The summed E-state index contributed by atoms with van der Waals surface area (Å²) in [6, 6.07) is 4.20. The monoisotopic (exact) mass is 478 g/mol. The van der Waals surface area contributed by atoms with Crippen LogP contribution in [0.25, 0.3) is 5.82 Å². The van der Waals surface area contributed by atoms with Gasteiger partial charge in [0.05, 0.1) is 22.8 Å². The van der Waals surface area contributed by atoms with E-state index in [1.807, 2.05) is 30.8 Å². The Labute approximate surface area is 191 Å². The number of rotatable bonds is 4. The number of carbonyl (C=O) groups excluding carboxylic acids is 1. The highest BCUT2D eigenvalue weighted by Gasteiger charge is 2.39. The number of imidazole rings is 1. The third kappa shape index (κ3) is 4.14. The molecule has 3 aromatic rings. The molecule has 0 fully saturated rings. The van der Waals surface area contributed by atoms with Crippen LogP contribution in [0.3, 0.4) is 0 Å². The van der Waals surface area contributed by atoms with Gasteiger partial charge in [0.25, 0.3) is 5.91 Å². The molecule has 8 nitrogen and oxygen atoms in total. The molecular weight excluding hydrogens is 461 g/mol. The van der Waals surface area contributed by atoms with Crippen molar-refractivity contribution in [2.75, 3.05) is 0 Å². The van der Waals surface area contributed by atoms with Gasteiger partial charge >= 0.3 is 6.18 Å². The van der Waals surface area contributed by atoms with Crippen LogP contribution in [0.5, 0.6) is 5.75 Å². The number of fused-ring (bicyclic) bond motifs is 1. The minimum absolute atomic E-state index is 0.0420. The van der Waals surface area contributed by atoms with E-state index in [0.717, 1.165) is 24.4 Å². The minimum Gasteiger partial charge on any atom is -0.480 e. The molecule has 1 aliphatic rings. The zero-order chi connectivity index (χ0) is 24.1. The molecule has 12 heteroatoms. The van der Waals surface area contributed by atoms with Gasteiger partial charge in [-0.15, -0.1) is 0 Å². The summed E-state index contributed by atoms with van der Waals surface area (Å²) in [5.41, 5.74) is 1.07. The number of ether oxygens (including phenoxy) is 1. The first-order valence-corrected chi connectivity index (χ1v) is 10.2. The Kier molecular flexibility index (Phi) is 5.57. The number of aromatic nitrogens is 4. The number of hydrogen-bond donors (Lipinski definition) is 0. The first-order chi connectivity index (χ1) is 15.5. The van der Waals surface area contributed by atoms with Crippen molar-refractivity contribution in [2.45, 2.75) is 39.2 Å². The van der Waals surface area contributed by atoms with Crippen molar-refractivity contribution in [3.63, 3.8) is 0 Å². The van der Waals surface area contributed by atoms with Gasteiger partial charge in [0, 0.05) is 31.5 Å². The van der Waals surface area contributed by atoms with Crippen LogP contribution < -0.4 is 4.74 Å². The fourth-order valence-electron chi connectivity index (χ4n) is 3.42. The van der Waals surface area contributed by atoms with Crippen LogP contribution in [0.15, 0.2) is 24.5 Å². The third-order valence-corrected chi connectivity index (χ3v) is 5.79. The van der Waals surface area contributed by atoms with E-state index >= 15 is 0 Å². The molecule has 1 aromatic carbocycles. The molecule has 33 heavy (non-hydrogen) atoms. The average Bonchev–Trinajstić information content (AvgIpc) is 3.40. The average molecular weight is 479 g/mol. The number of alkyl halides is 3. The molecule has 0 spiro atoms. The number of nitrogens with zero attached hydrogens (tertiary/aromatic N) is 6. The molecule has 172 valence electrons. The van der Waals surface area contributed by atoms with Gasteiger partial charge in [-0.25, -0.2) is 9.67 Å². The van der Waals surface area contributed by atoms with Crippen molar-refractivity contribution in [3.8, 4) is 17.6 Å². The molecule has 4 rings (SSSR count). The Balaban J connectivity index is 1.62. The van der Waals surface area contributed by atoms with E-state index in [0.29, 0.717) is 11.5 Å². The standard InChI is InChI=1S/C21H18ClF3N6O2/c1-11(21(23,24)25)33-16-5-4-13(6-26)19(22)18(16)20(32)30-7-14-8-31(28-15(14)9-30)17-10-29(3)12(2)27-17/h4-5,8,10-11H,7,9H2,1-3H3/t11-/m0/s1. The summed E-state index contributed by atoms with van der Waals surface area (Å²) >= 11 is 6.23. The molecule has 1 atom stereocenters. The summed E-state index contributed by atoms with van der Waals surface area (Å²) in [5, 5.41) is 13.5. The van der Waals surface area contributed by atoms with E-state index in [9.17, 15) is 23.2 Å². The van der Waals surface area contributed by atoms with E-state index in [-0.39, 0.29) is 35.0 Å². The number of halogens is 4. The molecule has 0 unspecified atom stereocenters. The van der Waals surface area contributed by atoms with Crippen molar-refractivity contribution in [1.29, 1.82) is 5.26 Å². The Morgan fingerprint density at radius 3 is 2.61 bits per heavy atom. The van der Waals surface area contributed by atoms with E-state index in [2.05, 4.69) is 10.1 Å². The maximum atomic E-state index is 13.3. The van der Waals surface area contributed by atoms with E-state index in [1.165, 1.54) is 11.0 Å². The van der Waals surface area contributed by atoms with Gasteiger partial charge in [0.2, 0.25) is 0 Å². The van der Waals surface area contributed by atoms with Crippen LogP contribution in [0, 0.1) is 18.3 Å². The predicted molar refractivity (Wildman–Crippen MR) is 111 cm³/mol. The van der Waals surface area contributed by atoms with E-state index < -0.39 is 18.2 Å². The molecule has 0 bridgehead atoms. The molecule has 1 amide bonds. The van der Waals surface area contributed by atoms with Crippen molar-refractivity contribution in [3.05, 3.63) is 57.8 Å². The molecule has 0 saturated carbocycles. The fraction of sp³-hybridized carbons (Fsp3) is 0.333. The lowest BCUT2D eigenvalue weighted by atomic mass is 10.1. The Hall–Kier alpha value is -3.52. The van der Waals surface area contributed by atoms with Crippen LogP contribution in [0.4, 0.5) is 13.2 Å². The summed E-state index contributed by atoms with van der Waals surface area (Å²) in [6.45, 7) is 2.98. The van der Waals surface area contributed by atoms with E-state index in [4.69, 9.17) is 16.3 Å². The lowest BCUT2D eigenvalue weighted by Gasteiger charge is -2.23. The lowest BCUT2D eigenvalue weighted by Crippen LogP contribution is -2.33. The van der Waals surface area contributed by atoms with Gasteiger partial charge in [0.1, 0.15) is 23.2 Å². The van der Waals surface area contributed by atoms with Crippen molar-refractivity contribution in [2.24, 2.45) is 7.05 Å². The maximum absolute atomic E-state index is 13.3. The topological polar surface area (TPSA) is 89.0 Å². The Morgan fingerprint density at radius 2 is 2.03 bits per heavy atom. The summed E-state index contributed by atoms with van der Waals surface area (Å²) in [4.78, 5) is 19.1. The molecule has 3 heterocycles. The van der Waals surface area contributed by atoms with Crippen molar-refractivity contribution in [1.82, 2.24) is 24.2 Å². The van der Waals surface area contributed by atoms with Crippen molar-refractivity contribution >= 4 is 17.5 Å². The zero-order valence-corrected chi connectivity index (χ0v) is 18.6. The number of hydrogen-bond acceptors (Lipinski definition) is 5. The predicted octanol–water partition coefficient (Wildman–Crippen LogP) is 3.92. The largest absolute Gasteiger partial charge is 0.480 e. The zero-order valence-electron chi connectivity index (χ0n) is 17.8. The Bertz CT molecular complexity index is 1250. The molecule has 0 aliphatic carbocycles. The second kappa shape index (κ2) is 8.12. The summed E-state index contributed by atoms with van der Waals surface area (Å²) < 4.78 is 47.6. The fourth-order valence-corrected chi connectivity index (χ4v) is 3.70. The highest BCUT2D eigenvalue weighted by atomic mass is 35.5. The van der Waals surface area contributed by atoms with Gasteiger partial charge < -0.3 is 14.2 Å². The number of amides is 1. The first-order valence-electron chi connectivity index (χ1n) is 9.82. The quantitative estimate of drug-likeness (QED) is 0.567. The molecule has 0 radical (unpaired) electrons. The number of nitriles is 1. The number of aryl methyl sites for hydroxylation is 2. The van der Waals surface area contributed by atoms with Crippen LogP contribution in [0.1, 0.15) is 39.9 Å². The third-order valence-electron chi connectivity index (χ3n) is 5.40. The number of carbonyl (C=O) groups is 1. The highest BCUT2D eigenvalue weighted by molar-refractivity contribution is 6.35. The van der Waals surface area contributed by atoms with Crippen molar-refractivity contribution < 1.29 is 22.7 Å². The molecule has 0 N–H and O–H groups in total. The lowest BCUT2D eigenvalue weighted by molar-refractivity contribution is -0.189. The van der Waals surface area contributed by atoms with Gasteiger partial charge in [-0.1, -0.05) is 11.6 Å². The molecule has 2 aromatic heterocycles. The molecule has 1 aliphatic heterocycles. The smallest absolute Gasteiger partial charge is 0.425 e. The van der Waals surface area contributed by atoms with Gasteiger partial charge in [0.15, 0.2) is 11.9 Å². The first kappa shape index (κ1) is 22.7. The summed E-state index contributed by atoms with van der Waals surface area (Å²) in [7, 11) is 1.86.